The number of nitrogens with one attached hydrogen (secondary N) is 2. The van der Waals surface area contributed by atoms with Crippen molar-refractivity contribution in [2.24, 2.45) is 0 Å². The Hall–Kier alpha value is -1.20. The van der Waals surface area contributed by atoms with Crippen LogP contribution in [0.25, 0.3) is 0 Å². The Bertz CT molecular complexity index is 594. The summed E-state index contributed by atoms with van der Waals surface area (Å²) in [4.78, 5) is 12.2. The molecule has 1 heterocycles. The molecule has 2 aliphatic carbocycles. The highest BCUT2D eigenvalue weighted by atomic mass is 32.2. The molecule has 1 aliphatic heterocycles. The van der Waals surface area contributed by atoms with Gasteiger partial charge in [0.1, 0.15) is 5.25 Å². The van der Waals surface area contributed by atoms with Gasteiger partial charge < -0.3 is 9.87 Å². The van der Waals surface area contributed by atoms with Gasteiger partial charge in [0.15, 0.2) is 0 Å². The van der Waals surface area contributed by atoms with Crippen LogP contribution in [-0.4, -0.2) is 15.7 Å². The van der Waals surface area contributed by atoms with Gasteiger partial charge in [-0.15, -0.1) is 0 Å². The van der Waals surface area contributed by atoms with E-state index in [0.717, 1.165) is 49.0 Å². The van der Waals surface area contributed by atoms with E-state index in [0.29, 0.717) is 0 Å². The van der Waals surface area contributed by atoms with E-state index in [-0.39, 0.29) is 16.6 Å². The second-order valence-electron chi connectivity index (χ2n) is 6.81. The van der Waals surface area contributed by atoms with Crippen molar-refractivity contribution in [1.82, 2.24) is 0 Å². The van der Waals surface area contributed by atoms with Crippen molar-refractivity contribution in [1.29, 1.82) is 0 Å². The molecule has 2 N–H and O–H groups in total. The lowest BCUT2D eigenvalue weighted by Gasteiger charge is -2.36. The number of carbonyl (C=O) groups is 1. The smallest absolute Gasteiger partial charge is 0.235 e. The van der Waals surface area contributed by atoms with E-state index in [1.807, 2.05) is 18.2 Å². The Kier molecular flexibility index (Phi) is 3.57. The van der Waals surface area contributed by atoms with Crippen LogP contribution in [0.3, 0.4) is 0 Å². The predicted molar refractivity (Wildman–Crippen MR) is 89.2 cm³/mol. The summed E-state index contributed by atoms with van der Waals surface area (Å²) in [6.45, 7) is 0. The molecule has 1 amide bonds. The number of hydrogen-bond donors (Lipinski definition) is 2. The van der Waals surface area contributed by atoms with Gasteiger partial charge in [-0.25, -0.2) is 4.72 Å². The normalized spacial score (nSPS) is 24.5. The maximum atomic E-state index is 12.5. The molecule has 2 saturated carbocycles. The van der Waals surface area contributed by atoms with Crippen LogP contribution in [0, 0.1) is 0 Å². The maximum absolute atomic E-state index is 12.5. The van der Waals surface area contributed by atoms with Crippen molar-refractivity contribution in [2.45, 2.75) is 62.0 Å². The first kappa shape index (κ1) is 14.4. The third kappa shape index (κ3) is 2.22. The van der Waals surface area contributed by atoms with Gasteiger partial charge in [0.2, 0.25) is 5.91 Å². The van der Waals surface area contributed by atoms with Crippen molar-refractivity contribution in [3.05, 3.63) is 23.8 Å². The summed E-state index contributed by atoms with van der Waals surface area (Å²) in [5.74, 6) is 0.138. The molecule has 1 aromatic rings. The fourth-order valence-corrected chi connectivity index (χ4v) is 5.27. The van der Waals surface area contributed by atoms with Crippen molar-refractivity contribution >= 4 is 28.6 Å². The topological polar surface area (TPSA) is 64.2 Å². The SMILES string of the molecule is O=C1Nc2ccc(N[S+]([O-])C3CCCCC3)cc2C12CCC2. The van der Waals surface area contributed by atoms with Crippen LogP contribution in [0.4, 0.5) is 11.4 Å². The molecule has 0 radical (unpaired) electrons. The van der Waals surface area contributed by atoms with Crippen LogP contribution in [0.1, 0.15) is 56.9 Å². The quantitative estimate of drug-likeness (QED) is 0.839. The number of benzene rings is 1. The highest BCUT2D eigenvalue weighted by Gasteiger charge is 2.51. The Morgan fingerprint density at radius 1 is 1.18 bits per heavy atom. The first-order valence-electron chi connectivity index (χ1n) is 8.32. The van der Waals surface area contributed by atoms with Crippen LogP contribution < -0.4 is 10.0 Å². The lowest BCUT2D eigenvalue weighted by Crippen LogP contribution is -2.40. The van der Waals surface area contributed by atoms with Gasteiger partial charge in [0.05, 0.1) is 22.5 Å². The lowest BCUT2D eigenvalue weighted by atomic mass is 9.65. The molecule has 22 heavy (non-hydrogen) atoms. The molecule has 1 aromatic carbocycles. The van der Waals surface area contributed by atoms with Crippen LogP contribution >= 0.6 is 0 Å². The number of amides is 1. The first-order chi connectivity index (χ1) is 10.7. The summed E-state index contributed by atoms with van der Waals surface area (Å²) in [7, 11) is 0. The second-order valence-corrected chi connectivity index (χ2v) is 8.28. The van der Waals surface area contributed by atoms with E-state index < -0.39 is 11.4 Å². The molecular weight excluding hydrogens is 296 g/mol. The molecule has 0 saturated heterocycles. The summed E-state index contributed by atoms with van der Waals surface area (Å²) in [6, 6.07) is 5.91. The van der Waals surface area contributed by atoms with Gasteiger partial charge >= 0.3 is 0 Å². The Labute approximate surface area is 134 Å². The van der Waals surface area contributed by atoms with Gasteiger partial charge in [-0.05, 0) is 62.3 Å². The highest BCUT2D eigenvalue weighted by Crippen LogP contribution is 2.51. The van der Waals surface area contributed by atoms with Gasteiger partial charge in [-0.3, -0.25) is 4.79 Å². The summed E-state index contributed by atoms with van der Waals surface area (Å²) in [5, 5.41) is 3.25. The Balaban J connectivity index is 1.53. The van der Waals surface area contributed by atoms with Crippen molar-refractivity contribution < 1.29 is 9.35 Å². The number of rotatable bonds is 3. The molecule has 2 fully saturated rings. The minimum absolute atomic E-state index is 0.138. The van der Waals surface area contributed by atoms with Gasteiger partial charge in [0.25, 0.3) is 0 Å². The van der Waals surface area contributed by atoms with E-state index in [9.17, 15) is 9.35 Å². The molecule has 0 aromatic heterocycles. The Morgan fingerprint density at radius 2 is 1.95 bits per heavy atom. The molecule has 1 atom stereocenters. The first-order valence-corrected chi connectivity index (χ1v) is 9.54. The van der Waals surface area contributed by atoms with Crippen molar-refractivity contribution in [2.75, 3.05) is 10.0 Å². The van der Waals surface area contributed by atoms with Crippen LogP contribution in [-0.2, 0) is 21.6 Å². The molecule has 118 valence electrons. The summed E-state index contributed by atoms with van der Waals surface area (Å²) < 4.78 is 15.7. The molecule has 1 unspecified atom stereocenters. The van der Waals surface area contributed by atoms with Gasteiger partial charge in [-0.2, -0.15) is 0 Å². The van der Waals surface area contributed by atoms with E-state index >= 15 is 0 Å². The zero-order chi connectivity index (χ0) is 15.2. The van der Waals surface area contributed by atoms with E-state index in [1.165, 1.54) is 19.3 Å². The predicted octanol–water partition coefficient (Wildman–Crippen LogP) is 3.47. The minimum atomic E-state index is -1.03. The lowest BCUT2D eigenvalue weighted by molar-refractivity contribution is -0.123. The third-order valence-electron chi connectivity index (χ3n) is 5.50. The van der Waals surface area contributed by atoms with Crippen LogP contribution in [0.2, 0.25) is 0 Å². The summed E-state index contributed by atoms with van der Waals surface area (Å²) in [6.07, 6.45) is 8.71. The average Bonchev–Trinajstić information content (AvgIpc) is 2.79. The van der Waals surface area contributed by atoms with Gasteiger partial charge in [-0.1, -0.05) is 12.8 Å². The fourth-order valence-electron chi connectivity index (χ4n) is 3.98. The molecule has 4 rings (SSSR count). The molecule has 0 bridgehead atoms. The fraction of sp³-hybridized carbons (Fsp3) is 0.588. The number of hydrogen-bond acceptors (Lipinski definition) is 3. The average molecular weight is 318 g/mol. The van der Waals surface area contributed by atoms with Gasteiger partial charge in [0, 0.05) is 5.69 Å². The largest absolute Gasteiger partial charge is 0.593 e. The van der Waals surface area contributed by atoms with Crippen molar-refractivity contribution in [3.63, 3.8) is 0 Å². The number of anilines is 2. The molecule has 4 nitrogen and oxygen atoms in total. The molecule has 3 aliphatic rings. The zero-order valence-electron chi connectivity index (χ0n) is 12.7. The summed E-state index contributed by atoms with van der Waals surface area (Å²) >= 11 is -1.03. The standard InChI is InChI=1S/C17H22N2O2S/c20-16-17(9-4-10-17)14-11-12(7-8-15(14)18-16)19-22(21)13-5-2-1-3-6-13/h7-8,11,13,19H,1-6,9-10H2,(H,18,20). The van der Waals surface area contributed by atoms with E-state index in [1.54, 1.807) is 0 Å². The van der Waals surface area contributed by atoms with E-state index in [4.69, 9.17) is 0 Å². The van der Waals surface area contributed by atoms with Crippen LogP contribution in [0.5, 0.6) is 0 Å². The van der Waals surface area contributed by atoms with Crippen molar-refractivity contribution in [3.8, 4) is 0 Å². The molecule has 5 heteroatoms. The minimum Gasteiger partial charge on any atom is -0.593 e. The van der Waals surface area contributed by atoms with Crippen LogP contribution in [0.15, 0.2) is 18.2 Å². The maximum Gasteiger partial charge on any atom is 0.235 e. The second kappa shape index (κ2) is 5.46. The number of fused-ring (bicyclic) bond motifs is 2. The Morgan fingerprint density at radius 3 is 2.64 bits per heavy atom. The highest BCUT2D eigenvalue weighted by molar-refractivity contribution is 7.93. The zero-order valence-corrected chi connectivity index (χ0v) is 13.5. The monoisotopic (exact) mass is 318 g/mol. The summed E-state index contributed by atoms with van der Waals surface area (Å²) in [5.41, 5.74) is 2.60. The molecule has 1 spiro atoms. The van der Waals surface area contributed by atoms with E-state index in [2.05, 4.69) is 10.0 Å². The third-order valence-corrected chi connectivity index (χ3v) is 7.01. The number of carbonyl (C=O) groups excluding carboxylic acids is 1. The molecular formula is C17H22N2O2S.